The molecule has 3 rings (SSSR count). The Hall–Kier alpha value is -2.54. The maximum atomic E-state index is 13.0. The number of carbonyl (C=O) groups excluding carboxylic acids is 1. The summed E-state index contributed by atoms with van der Waals surface area (Å²) >= 11 is 0. The Kier molecular flexibility index (Phi) is 4.91. The van der Waals surface area contributed by atoms with Crippen LogP contribution in [0.15, 0.2) is 35.2 Å². The lowest BCUT2D eigenvalue weighted by Crippen LogP contribution is -2.39. The Morgan fingerprint density at radius 2 is 1.68 bits per heavy atom. The van der Waals surface area contributed by atoms with Crippen LogP contribution < -0.4 is 14.4 Å². The normalized spacial score (nSPS) is 16.2. The maximum Gasteiger partial charge on any atom is 0.262 e. The summed E-state index contributed by atoms with van der Waals surface area (Å²) in [7, 11) is -2.07. The summed E-state index contributed by atoms with van der Waals surface area (Å²) < 4.78 is 34.5. The molecule has 6 nitrogen and oxygen atoms in total. The molecule has 0 aromatic heterocycles. The fourth-order valence-electron chi connectivity index (χ4n) is 3.65. The first-order chi connectivity index (χ1) is 12.9. The smallest absolute Gasteiger partial charge is 0.262 e. The van der Waals surface area contributed by atoms with Crippen LogP contribution in [0.3, 0.4) is 0 Å². The van der Waals surface area contributed by atoms with Gasteiger partial charge in [-0.15, -0.1) is 0 Å². The summed E-state index contributed by atoms with van der Waals surface area (Å²) in [5.74, 6) is 0.421. The van der Waals surface area contributed by atoms with Crippen LogP contribution in [0.25, 0.3) is 0 Å². The number of rotatable bonds is 3. The van der Waals surface area contributed by atoms with Crippen LogP contribution in [0.1, 0.15) is 30.5 Å². The van der Waals surface area contributed by atoms with Gasteiger partial charge < -0.3 is 9.64 Å². The number of nitrogens with one attached hydrogen (secondary N) is 1. The maximum absolute atomic E-state index is 13.0. The zero-order valence-corrected chi connectivity index (χ0v) is 17.9. The van der Waals surface area contributed by atoms with E-state index in [-0.39, 0.29) is 17.4 Å². The molecule has 0 bridgehead atoms. The predicted molar refractivity (Wildman–Crippen MR) is 111 cm³/mol. The number of hydrogen-bond acceptors (Lipinski definition) is 4. The molecule has 1 heterocycles. The highest BCUT2D eigenvalue weighted by Crippen LogP contribution is 2.38. The van der Waals surface area contributed by atoms with E-state index < -0.39 is 15.4 Å². The topological polar surface area (TPSA) is 75.7 Å². The lowest BCUT2D eigenvalue weighted by molar-refractivity contribution is -0.127. The van der Waals surface area contributed by atoms with Gasteiger partial charge in [0.2, 0.25) is 5.91 Å². The van der Waals surface area contributed by atoms with Gasteiger partial charge >= 0.3 is 0 Å². The van der Waals surface area contributed by atoms with Crippen molar-refractivity contribution < 1.29 is 17.9 Å². The number of hydrogen-bond donors (Lipinski definition) is 1. The van der Waals surface area contributed by atoms with Gasteiger partial charge in [0.1, 0.15) is 12.4 Å². The Morgan fingerprint density at radius 1 is 1.07 bits per heavy atom. The highest BCUT2D eigenvalue weighted by Gasteiger charge is 2.36. The number of anilines is 2. The molecule has 1 aliphatic heterocycles. The average Bonchev–Trinajstić information content (AvgIpc) is 2.64. The Balaban J connectivity index is 1.98. The first-order valence-corrected chi connectivity index (χ1v) is 10.6. The third-order valence-electron chi connectivity index (χ3n) is 4.92. The summed E-state index contributed by atoms with van der Waals surface area (Å²) in [4.78, 5) is 14.4. The SMILES string of the molecule is Cc1cc(C)c(S(=O)(=O)Nc2ccc3c(c2)OCC(C)(C)C(=O)N3C)c(C)c1. The van der Waals surface area contributed by atoms with Crippen LogP contribution in [0.5, 0.6) is 5.75 Å². The average molecular weight is 403 g/mol. The Labute approximate surface area is 166 Å². The fourth-order valence-corrected chi connectivity index (χ4v) is 5.16. The summed E-state index contributed by atoms with van der Waals surface area (Å²) in [5.41, 5.74) is 2.75. The van der Waals surface area contributed by atoms with E-state index in [2.05, 4.69) is 4.72 Å². The molecule has 7 heteroatoms. The van der Waals surface area contributed by atoms with E-state index in [1.165, 1.54) is 0 Å². The van der Waals surface area contributed by atoms with Gasteiger partial charge in [0, 0.05) is 13.1 Å². The highest BCUT2D eigenvalue weighted by atomic mass is 32.2. The van der Waals surface area contributed by atoms with E-state index in [9.17, 15) is 13.2 Å². The number of aryl methyl sites for hydroxylation is 3. The molecule has 0 saturated carbocycles. The van der Waals surface area contributed by atoms with Gasteiger partial charge in [-0.25, -0.2) is 8.42 Å². The van der Waals surface area contributed by atoms with Crippen molar-refractivity contribution in [2.45, 2.75) is 39.5 Å². The van der Waals surface area contributed by atoms with Gasteiger partial charge in [0.15, 0.2) is 0 Å². The van der Waals surface area contributed by atoms with Crippen molar-refractivity contribution >= 4 is 27.3 Å². The summed E-state index contributed by atoms with van der Waals surface area (Å²) in [6.07, 6.45) is 0. The number of benzene rings is 2. The van der Waals surface area contributed by atoms with E-state index in [1.807, 2.05) is 32.9 Å². The number of carbonyl (C=O) groups is 1. The van der Waals surface area contributed by atoms with Crippen LogP contribution in [0.4, 0.5) is 11.4 Å². The Morgan fingerprint density at radius 3 is 2.29 bits per heavy atom. The number of fused-ring (bicyclic) bond motifs is 1. The lowest BCUT2D eigenvalue weighted by Gasteiger charge is -2.24. The largest absolute Gasteiger partial charge is 0.490 e. The predicted octanol–water partition coefficient (Wildman–Crippen LogP) is 3.79. The molecular formula is C21H26N2O4S. The molecule has 1 aliphatic rings. The van der Waals surface area contributed by atoms with Crippen molar-refractivity contribution in [1.29, 1.82) is 0 Å². The minimum absolute atomic E-state index is 0.0505. The van der Waals surface area contributed by atoms with Crippen LogP contribution >= 0.6 is 0 Å². The van der Waals surface area contributed by atoms with Crippen LogP contribution in [-0.2, 0) is 14.8 Å². The fraction of sp³-hybridized carbons (Fsp3) is 0.381. The lowest BCUT2D eigenvalue weighted by atomic mass is 9.93. The quantitative estimate of drug-likeness (QED) is 0.847. The number of sulfonamides is 1. The third-order valence-corrected chi connectivity index (χ3v) is 6.60. The molecule has 0 aliphatic carbocycles. The molecule has 1 N–H and O–H groups in total. The van der Waals surface area contributed by atoms with Crippen LogP contribution in [-0.4, -0.2) is 28.0 Å². The van der Waals surface area contributed by atoms with Crippen molar-refractivity contribution in [3.63, 3.8) is 0 Å². The van der Waals surface area contributed by atoms with Gasteiger partial charge in [-0.05, 0) is 57.9 Å². The first-order valence-electron chi connectivity index (χ1n) is 9.08. The molecule has 1 amide bonds. The van der Waals surface area contributed by atoms with E-state index in [0.29, 0.717) is 28.3 Å². The summed E-state index contributed by atoms with van der Waals surface area (Å²) in [6.45, 7) is 9.38. The van der Waals surface area contributed by atoms with Crippen molar-refractivity contribution in [2.75, 3.05) is 23.3 Å². The van der Waals surface area contributed by atoms with Crippen molar-refractivity contribution in [3.05, 3.63) is 47.0 Å². The summed E-state index contributed by atoms with van der Waals surface area (Å²) in [6, 6.07) is 8.66. The minimum atomic E-state index is -3.76. The van der Waals surface area contributed by atoms with Crippen molar-refractivity contribution in [1.82, 2.24) is 0 Å². The van der Waals surface area contributed by atoms with E-state index in [0.717, 1.165) is 5.56 Å². The van der Waals surface area contributed by atoms with Gasteiger partial charge in [-0.2, -0.15) is 0 Å². The first kappa shape index (κ1) is 20.2. The van der Waals surface area contributed by atoms with E-state index >= 15 is 0 Å². The van der Waals surface area contributed by atoms with Gasteiger partial charge in [0.25, 0.3) is 10.0 Å². The molecular weight excluding hydrogens is 376 g/mol. The number of nitrogens with zero attached hydrogens (tertiary/aromatic N) is 1. The second-order valence-corrected chi connectivity index (χ2v) is 9.67. The van der Waals surface area contributed by atoms with Crippen molar-refractivity contribution in [3.8, 4) is 5.75 Å². The van der Waals surface area contributed by atoms with Crippen LogP contribution in [0.2, 0.25) is 0 Å². The number of ether oxygens (including phenoxy) is 1. The van der Waals surface area contributed by atoms with E-state index in [4.69, 9.17) is 4.74 Å². The molecule has 0 spiro atoms. The molecule has 2 aromatic carbocycles. The van der Waals surface area contributed by atoms with Gasteiger partial charge in [-0.1, -0.05) is 17.7 Å². The van der Waals surface area contributed by atoms with Crippen LogP contribution in [0, 0.1) is 26.2 Å². The molecule has 0 saturated heterocycles. The highest BCUT2D eigenvalue weighted by molar-refractivity contribution is 7.92. The molecule has 2 aromatic rings. The monoisotopic (exact) mass is 402 g/mol. The molecule has 150 valence electrons. The molecule has 0 radical (unpaired) electrons. The minimum Gasteiger partial charge on any atom is -0.490 e. The third kappa shape index (κ3) is 3.58. The molecule has 0 unspecified atom stereocenters. The van der Waals surface area contributed by atoms with Crippen molar-refractivity contribution in [2.24, 2.45) is 5.41 Å². The molecule has 0 fully saturated rings. The standard InChI is InChI=1S/C21H26N2O4S/c1-13-9-14(2)19(15(3)10-13)28(25,26)22-16-7-8-17-18(11-16)27-12-21(4,5)20(24)23(17)6/h7-11,22H,12H2,1-6H3. The number of amides is 1. The van der Waals surface area contributed by atoms with Gasteiger partial charge in [-0.3, -0.25) is 9.52 Å². The second kappa shape index (κ2) is 6.81. The summed E-state index contributed by atoms with van der Waals surface area (Å²) in [5, 5.41) is 0. The van der Waals surface area contributed by atoms with Gasteiger partial charge in [0.05, 0.1) is 21.7 Å². The molecule has 0 atom stereocenters. The second-order valence-electron chi connectivity index (χ2n) is 8.05. The molecule has 28 heavy (non-hydrogen) atoms. The zero-order valence-electron chi connectivity index (χ0n) is 17.1. The van der Waals surface area contributed by atoms with E-state index in [1.54, 1.807) is 44.0 Å². The Bertz CT molecular complexity index is 1040. The zero-order chi connectivity index (χ0) is 20.9.